The zero-order valence-electron chi connectivity index (χ0n) is 21.0. The highest BCUT2D eigenvalue weighted by molar-refractivity contribution is 9.10. The largest absolute Gasteiger partial charge is 0.457 e. The molecule has 2 heterocycles. The number of halogens is 1. The summed E-state index contributed by atoms with van der Waals surface area (Å²) < 4.78 is 6.91. The highest BCUT2D eigenvalue weighted by Gasteiger charge is 2.42. The van der Waals surface area contributed by atoms with Gasteiger partial charge >= 0.3 is 0 Å². The van der Waals surface area contributed by atoms with Crippen LogP contribution in [-0.4, -0.2) is 16.7 Å². The lowest BCUT2D eigenvalue weighted by Crippen LogP contribution is -2.39. The highest BCUT2D eigenvalue weighted by Crippen LogP contribution is 2.47. The number of pyridine rings is 1. The van der Waals surface area contributed by atoms with Crippen molar-refractivity contribution in [3.8, 4) is 11.5 Å². The van der Waals surface area contributed by atoms with Gasteiger partial charge in [-0.3, -0.25) is 9.59 Å². The fraction of sp³-hybridized carbons (Fsp3) is 0.233. The first-order chi connectivity index (χ1) is 17.7. The van der Waals surface area contributed by atoms with Crippen LogP contribution in [0.3, 0.4) is 0 Å². The SMILES string of the molecule is CC1=C(C(=O)Nc2ccc(Br)cn2)[C@@H](c2cccc(Oc3ccccc3)c2)C2=C(CC(C)(C)CC2=O)N1. The molecule has 1 amide bonds. The number of para-hydroxylation sites is 1. The Labute approximate surface area is 225 Å². The molecule has 1 atom stereocenters. The molecule has 0 bridgehead atoms. The molecule has 5 rings (SSSR count). The molecule has 7 heteroatoms. The molecule has 0 fully saturated rings. The third-order valence-corrected chi connectivity index (χ3v) is 7.09. The van der Waals surface area contributed by atoms with Gasteiger partial charge in [0.25, 0.3) is 5.91 Å². The number of ketones is 1. The van der Waals surface area contributed by atoms with Crippen molar-refractivity contribution in [2.45, 2.75) is 39.5 Å². The summed E-state index contributed by atoms with van der Waals surface area (Å²) >= 11 is 3.37. The second-order valence-corrected chi connectivity index (χ2v) is 11.1. The predicted octanol–water partition coefficient (Wildman–Crippen LogP) is 6.88. The van der Waals surface area contributed by atoms with Crippen molar-refractivity contribution < 1.29 is 14.3 Å². The van der Waals surface area contributed by atoms with Crippen molar-refractivity contribution in [3.05, 3.63) is 106 Å². The van der Waals surface area contributed by atoms with Crippen LogP contribution in [0.25, 0.3) is 0 Å². The third kappa shape index (κ3) is 5.37. The summed E-state index contributed by atoms with van der Waals surface area (Å²) in [6.07, 6.45) is 2.78. The molecule has 1 aliphatic carbocycles. The van der Waals surface area contributed by atoms with Crippen molar-refractivity contribution >= 4 is 33.4 Å². The first-order valence-electron chi connectivity index (χ1n) is 12.2. The number of dihydropyridines is 1. The van der Waals surface area contributed by atoms with E-state index in [-0.39, 0.29) is 17.1 Å². The van der Waals surface area contributed by atoms with Crippen molar-refractivity contribution in [3.63, 3.8) is 0 Å². The summed E-state index contributed by atoms with van der Waals surface area (Å²) in [6.45, 7) is 6.08. The molecule has 188 valence electrons. The number of Topliss-reactive ketones (excluding diaryl/α,β-unsaturated/α-hetero) is 1. The molecule has 1 aromatic heterocycles. The van der Waals surface area contributed by atoms with Crippen molar-refractivity contribution in [2.24, 2.45) is 5.41 Å². The molecule has 6 nitrogen and oxygen atoms in total. The van der Waals surface area contributed by atoms with E-state index in [1.165, 1.54) is 0 Å². The number of hydrogen-bond donors (Lipinski definition) is 2. The minimum Gasteiger partial charge on any atom is -0.457 e. The van der Waals surface area contributed by atoms with E-state index < -0.39 is 5.92 Å². The minimum absolute atomic E-state index is 0.0534. The van der Waals surface area contributed by atoms with Gasteiger partial charge in [0.05, 0.1) is 0 Å². The Bertz CT molecular complexity index is 1430. The molecule has 1 aliphatic heterocycles. The van der Waals surface area contributed by atoms with Crippen LogP contribution in [0.4, 0.5) is 5.82 Å². The summed E-state index contributed by atoms with van der Waals surface area (Å²) in [5.41, 5.74) is 3.41. The maximum atomic E-state index is 13.7. The van der Waals surface area contributed by atoms with Crippen LogP contribution in [-0.2, 0) is 9.59 Å². The molecule has 0 saturated heterocycles. The number of anilines is 1. The van der Waals surface area contributed by atoms with Crippen LogP contribution in [0.5, 0.6) is 11.5 Å². The smallest absolute Gasteiger partial charge is 0.255 e. The van der Waals surface area contributed by atoms with Gasteiger partial charge < -0.3 is 15.4 Å². The predicted molar refractivity (Wildman–Crippen MR) is 147 cm³/mol. The summed E-state index contributed by atoms with van der Waals surface area (Å²) in [4.78, 5) is 31.6. The number of rotatable bonds is 5. The van der Waals surface area contributed by atoms with E-state index in [0.29, 0.717) is 34.9 Å². The van der Waals surface area contributed by atoms with Gasteiger partial charge in [0, 0.05) is 45.5 Å². The average Bonchev–Trinajstić information content (AvgIpc) is 2.84. The molecule has 3 aromatic rings. The van der Waals surface area contributed by atoms with Gasteiger partial charge in [-0.2, -0.15) is 0 Å². The van der Waals surface area contributed by atoms with Crippen LogP contribution in [0, 0.1) is 5.41 Å². The summed E-state index contributed by atoms with van der Waals surface area (Å²) in [7, 11) is 0. The lowest BCUT2D eigenvalue weighted by molar-refractivity contribution is -0.118. The number of carbonyl (C=O) groups is 2. The Hall–Kier alpha value is -3.71. The second kappa shape index (κ2) is 9.98. The third-order valence-electron chi connectivity index (χ3n) is 6.62. The number of hydrogen-bond acceptors (Lipinski definition) is 5. The Morgan fingerprint density at radius 3 is 2.54 bits per heavy atom. The fourth-order valence-corrected chi connectivity index (χ4v) is 5.32. The Morgan fingerprint density at radius 2 is 1.81 bits per heavy atom. The molecular weight excluding hydrogens is 530 g/mol. The van der Waals surface area contributed by atoms with E-state index in [1.807, 2.05) is 67.6 Å². The van der Waals surface area contributed by atoms with E-state index in [0.717, 1.165) is 27.9 Å². The number of allylic oxidation sites excluding steroid dienone is 3. The van der Waals surface area contributed by atoms with Crippen molar-refractivity contribution in [1.29, 1.82) is 0 Å². The second-order valence-electron chi connectivity index (χ2n) is 10.2. The number of aromatic nitrogens is 1. The molecule has 0 saturated carbocycles. The van der Waals surface area contributed by atoms with E-state index in [2.05, 4.69) is 45.4 Å². The lowest BCUT2D eigenvalue weighted by Gasteiger charge is -2.39. The molecule has 2 aromatic carbocycles. The Kier molecular flexibility index (Phi) is 6.73. The van der Waals surface area contributed by atoms with Crippen LogP contribution < -0.4 is 15.4 Å². The van der Waals surface area contributed by atoms with Gasteiger partial charge in [0.2, 0.25) is 0 Å². The zero-order chi connectivity index (χ0) is 26.2. The van der Waals surface area contributed by atoms with Gasteiger partial charge in [0.15, 0.2) is 5.78 Å². The monoisotopic (exact) mass is 557 g/mol. The maximum Gasteiger partial charge on any atom is 0.255 e. The first kappa shape index (κ1) is 25.0. The zero-order valence-corrected chi connectivity index (χ0v) is 22.6. The van der Waals surface area contributed by atoms with Crippen LogP contribution in [0.1, 0.15) is 45.1 Å². The van der Waals surface area contributed by atoms with Gasteiger partial charge in [-0.05, 0) is 76.7 Å². The van der Waals surface area contributed by atoms with Gasteiger partial charge in [-0.25, -0.2) is 4.98 Å². The van der Waals surface area contributed by atoms with Crippen LogP contribution in [0.2, 0.25) is 0 Å². The van der Waals surface area contributed by atoms with Gasteiger partial charge in [0.1, 0.15) is 17.3 Å². The fourth-order valence-electron chi connectivity index (χ4n) is 5.09. The number of amides is 1. The quantitative estimate of drug-likeness (QED) is 0.357. The number of nitrogens with one attached hydrogen (secondary N) is 2. The van der Waals surface area contributed by atoms with Crippen molar-refractivity contribution in [1.82, 2.24) is 10.3 Å². The van der Waals surface area contributed by atoms with E-state index in [1.54, 1.807) is 12.3 Å². The Morgan fingerprint density at radius 1 is 1.05 bits per heavy atom. The molecule has 0 radical (unpaired) electrons. The minimum atomic E-state index is -0.533. The van der Waals surface area contributed by atoms with E-state index in [9.17, 15) is 9.59 Å². The molecule has 2 aliphatic rings. The van der Waals surface area contributed by atoms with Crippen LogP contribution >= 0.6 is 15.9 Å². The van der Waals surface area contributed by atoms with Gasteiger partial charge in [-0.15, -0.1) is 0 Å². The van der Waals surface area contributed by atoms with Crippen molar-refractivity contribution in [2.75, 3.05) is 5.32 Å². The maximum absolute atomic E-state index is 13.7. The van der Waals surface area contributed by atoms with Gasteiger partial charge in [-0.1, -0.05) is 44.2 Å². The molecule has 2 N–H and O–H groups in total. The normalized spacial score (nSPS) is 18.7. The number of benzene rings is 2. The lowest BCUT2D eigenvalue weighted by atomic mass is 9.68. The number of ether oxygens (including phenoxy) is 1. The van der Waals surface area contributed by atoms with E-state index >= 15 is 0 Å². The number of nitrogens with zero attached hydrogens (tertiary/aromatic N) is 1. The van der Waals surface area contributed by atoms with Crippen LogP contribution in [0.15, 0.2) is 99.9 Å². The highest BCUT2D eigenvalue weighted by atomic mass is 79.9. The summed E-state index contributed by atoms with van der Waals surface area (Å²) in [5.74, 6) is 1.01. The molecular formula is C30H28BrN3O3. The summed E-state index contributed by atoms with van der Waals surface area (Å²) in [6, 6.07) is 20.7. The Balaban J connectivity index is 1.57. The standard InChI is InChI=1S/C30H28BrN3O3/c1-18-26(29(36)34-25-13-12-20(31)17-32-25)27(28-23(33-18)15-30(2,3)16-24(28)35)19-8-7-11-22(14-19)37-21-9-5-4-6-10-21/h4-14,17,27,33H,15-16H2,1-3H3,(H,32,34,36)/t27-/m1/s1. The topological polar surface area (TPSA) is 80.3 Å². The molecule has 37 heavy (non-hydrogen) atoms. The average molecular weight is 558 g/mol. The van der Waals surface area contributed by atoms with E-state index in [4.69, 9.17) is 4.74 Å². The molecule has 0 unspecified atom stereocenters. The first-order valence-corrected chi connectivity index (χ1v) is 13.0. The molecule has 0 spiro atoms. The summed E-state index contributed by atoms with van der Waals surface area (Å²) in [5, 5.41) is 6.32. The number of carbonyl (C=O) groups excluding carboxylic acids is 2.